The number of nitrogens with two attached hydrogens (primary N) is 1. The van der Waals surface area contributed by atoms with Crippen molar-refractivity contribution in [1.82, 2.24) is 9.80 Å². The summed E-state index contributed by atoms with van der Waals surface area (Å²) in [5.41, 5.74) is 5.95. The van der Waals surface area contributed by atoms with Crippen molar-refractivity contribution in [2.45, 2.75) is 0 Å². The van der Waals surface area contributed by atoms with Crippen molar-refractivity contribution >= 4 is 0 Å². The molecule has 0 amide bonds. The second-order valence-corrected chi connectivity index (χ2v) is 3.98. The van der Waals surface area contributed by atoms with Crippen LogP contribution in [-0.2, 0) is 0 Å². The summed E-state index contributed by atoms with van der Waals surface area (Å²) in [5.74, 6) is 0.327. The van der Waals surface area contributed by atoms with E-state index in [1.54, 1.807) is 12.1 Å². The van der Waals surface area contributed by atoms with Crippen molar-refractivity contribution in [2.24, 2.45) is 5.73 Å². The van der Waals surface area contributed by atoms with E-state index in [1.807, 2.05) is 18.0 Å². The van der Waals surface area contributed by atoms with Crippen LogP contribution in [0.4, 0.5) is 0 Å². The topological polar surface area (TPSA) is 104 Å². The first-order valence-corrected chi connectivity index (χ1v) is 5.47. The molecule has 1 heterocycles. The molecule has 0 spiro atoms. The molecule has 0 unspecified atom stereocenters. The molecule has 18 heavy (non-hydrogen) atoms. The number of rotatable bonds is 2. The molecule has 1 fully saturated rings. The normalized spacial score (nSPS) is 16.9. The molecule has 0 aromatic carbocycles. The third-order valence-electron chi connectivity index (χ3n) is 2.77. The number of nitriles is 3. The smallest absolute Gasteiger partial charge is 0.131 e. The lowest BCUT2D eigenvalue weighted by atomic mass is 10.1. The molecule has 0 aromatic rings. The summed E-state index contributed by atoms with van der Waals surface area (Å²) in [4.78, 5) is 4.06. The van der Waals surface area contributed by atoms with Gasteiger partial charge in [-0.15, -0.1) is 0 Å². The summed E-state index contributed by atoms with van der Waals surface area (Å²) in [6, 6.07) is 5.36. The molecular weight excluding hydrogens is 228 g/mol. The molecule has 92 valence electrons. The van der Waals surface area contributed by atoms with E-state index in [0.29, 0.717) is 5.82 Å². The first-order chi connectivity index (χ1) is 8.62. The number of likely N-dealkylation sites (N-methyl/N-ethyl adjacent to an activating group) is 1. The average Bonchev–Trinajstić information content (AvgIpc) is 2.40. The summed E-state index contributed by atoms with van der Waals surface area (Å²) in [7, 11) is 2.02. The number of piperazine rings is 1. The molecule has 0 bridgehead atoms. The highest BCUT2D eigenvalue weighted by molar-refractivity contribution is 5.47. The molecule has 1 rings (SSSR count). The van der Waals surface area contributed by atoms with Crippen molar-refractivity contribution in [3.63, 3.8) is 0 Å². The predicted molar refractivity (Wildman–Crippen MR) is 65.2 cm³/mol. The Bertz CT molecular complexity index is 472. The van der Waals surface area contributed by atoms with Gasteiger partial charge in [-0.05, 0) is 13.1 Å². The van der Waals surface area contributed by atoms with Gasteiger partial charge in [0.25, 0.3) is 0 Å². The second-order valence-electron chi connectivity index (χ2n) is 3.98. The van der Waals surface area contributed by atoms with Crippen molar-refractivity contribution in [1.29, 1.82) is 15.8 Å². The maximum atomic E-state index is 9.03. The highest BCUT2D eigenvalue weighted by atomic mass is 15.3. The number of allylic oxidation sites excluding steroid dienone is 3. The standard InChI is InChI=1S/C12H14N6/c1-17-2-4-18(5-3-17)12(16)11(9-15)6-10(7-13)8-14/h6H,2-5,16H2,1H3/b12-11+. The van der Waals surface area contributed by atoms with E-state index in [9.17, 15) is 0 Å². The Balaban J connectivity index is 2.96. The fourth-order valence-corrected chi connectivity index (χ4v) is 1.62. The minimum absolute atomic E-state index is 0.122. The van der Waals surface area contributed by atoms with Gasteiger partial charge in [-0.3, -0.25) is 0 Å². The molecule has 0 aliphatic carbocycles. The van der Waals surface area contributed by atoms with Crippen LogP contribution >= 0.6 is 0 Å². The lowest BCUT2D eigenvalue weighted by molar-refractivity contribution is 0.184. The van der Waals surface area contributed by atoms with Gasteiger partial charge in [-0.2, -0.15) is 15.8 Å². The van der Waals surface area contributed by atoms with Crippen LogP contribution in [0, 0.1) is 34.0 Å². The highest BCUT2D eigenvalue weighted by Crippen LogP contribution is 2.11. The molecule has 0 atom stereocenters. The molecule has 0 aromatic heterocycles. The van der Waals surface area contributed by atoms with Crippen LogP contribution in [0.15, 0.2) is 23.0 Å². The van der Waals surface area contributed by atoms with Crippen LogP contribution in [0.3, 0.4) is 0 Å². The zero-order valence-corrected chi connectivity index (χ0v) is 10.2. The Morgan fingerprint density at radius 1 is 1.06 bits per heavy atom. The van der Waals surface area contributed by atoms with Gasteiger partial charge >= 0.3 is 0 Å². The van der Waals surface area contributed by atoms with Gasteiger partial charge in [0.05, 0.1) is 5.57 Å². The van der Waals surface area contributed by atoms with E-state index in [1.165, 1.54) is 6.08 Å². The van der Waals surface area contributed by atoms with Crippen LogP contribution in [0.2, 0.25) is 0 Å². The molecule has 0 radical (unpaired) electrons. The van der Waals surface area contributed by atoms with Crippen LogP contribution < -0.4 is 5.73 Å². The van der Waals surface area contributed by atoms with Crippen molar-refractivity contribution in [3.05, 3.63) is 23.0 Å². The first kappa shape index (κ1) is 13.6. The summed E-state index contributed by atoms with van der Waals surface area (Å²) < 4.78 is 0. The third kappa shape index (κ3) is 3.25. The first-order valence-electron chi connectivity index (χ1n) is 5.47. The van der Waals surface area contributed by atoms with E-state index in [4.69, 9.17) is 21.5 Å². The van der Waals surface area contributed by atoms with E-state index >= 15 is 0 Å². The Hall–Kier alpha value is -2.49. The SMILES string of the molecule is CN1CCN(/C(N)=C(/C#N)C=C(C#N)C#N)CC1. The monoisotopic (exact) mass is 242 g/mol. The molecule has 1 saturated heterocycles. The Morgan fingerprint density at radius 3 is 2.06 bits per heavy atom. The van der Waals surface area contributed by atoms with Crippen LogP contribution in [0.25, 0.3) is 0 Å². The number of nitrogens with zero attached hydrogens (tertiary/aromatic N) is 5. The van der Waals surface area contributed by atoms with Gasteiger partial charge < -0.3 is 15.5 Å². The largest absolute Gasteiger partial charge is 0.384 e. The summed E-state index contributed by atoms with van der Waals surface area (Å²) in [6.45, 7) is 3.20. The van der Waals surface area contributed by atoms with Crippen molar-refractivity contribution < 1.29 is 0 Å². The van der Waals surface area contributed by atoms with E-state index in [2.05, 4.69) is 4.90 Å². The molecule has 2 N–H and O–H groups in total. The second kappa shape index (κ2) is 6.30. The van der Waals surface area contributed by atoms with Gasteiger partial charge in [0.1, 0.15) is 29.6 Å². The van der Waals surface area contributed by atoms with Crippen LogP contribution in [-0.4, -0.2) is 43.0 Å². The fourth-order valence-electron chi connectivity index (χ4n) is 1.62. The molecular formula is C12H14N6. The van der Waals surface area contributed by atoms with Crippen LogP contribution in [0.5, 0.6) is 0 Å². The van der Waals surface area contributed by atoms with Gasteiger partial charge in [0.15, 0.2) is 0 Å². The van der Waals surface area contributed by atoms with E-state index < -0.39 is 0 Å². The van der Waals surface area contributed by atoms with Crippen LogP contribution in [0.1, 0.15) is 0 Å². The van der Waals surface area contributed by atoms with E-state index in [-0.39, 0.29) is 11.1 Å². The van der Waals surface area contributed by atoms with Crippen molar-refractivity contribution in [2.75, 3.05) is 33.2 Å². The number of hydrogen-bond acceptors (Lipinski definition) is 6. The van der Waals surface area contributed by atoms with Gasteiger partial charge in [-0.25, -0.2) is 0 Å². The minimum atomic E-state index is -0.122. The molecule has 0 saturated carbocycles. The Kier molecular flexibility index (Phi) is 4.75. The van der Waals surface area contributed by atoms with Crippen molar-refractivity contribution in [3.8, 4) is 18.2 Å². The molecule has 6 nitrogen and oxygen atoms in total. The Labute approximate surface area is 106 Å². The number of hydrogen-bond donors (Lipinski definition) is 1. The predicted octanol–water partition coefficient (Wildman–Crippen LogP) is -0.0988. The Morgan fingerprint density at radius 2 is 1.61 bits per heavy atom. The molecule has 1 aliphatic heterocycles. The van der Waals surface area contributed by atoms with Gasteiger partial charge in [0, 0.05) is 26.2 Å². The summed E-state index contributed by atoms with van der Waals surface area (Å²) in [5, 5.41) is 26.4. The third-order valence-corrected chi connectivity index (χ3v) is 2.77. The van der Waals surface area contributed by atoms with Gasteiger partial charge in [-0.1, -0.05) is 0 Å². The highest BCUT2D eigenvalue weighted by Gasteiger charge is 2.16. The summed E-state index contributed by atoms with van der Waals surface area (Å²) >= 11 is 0. The lowest BCUT2D eigenvalue weighted by Gasteiger charge is -2.34. The lowest BCUT2D eigenvalue weighted by Crippen LogP contribution is -2.45. The zero-order chi connectivity index (χ0) is 13.5. The molecule has 6 heteroatoms. The quantitative estimate of drug-likeness (QED) is 0.535. The molecule has 1 aliphatic rings. The maximum Gasteiger partial charge on any atom is 0.131 e. The van der Waals surface area contributed by atoms with Gasteiger partial charge in [0.2, 0.25) is 0 Å². The summed E-state index contributed by atoms with van der Waals surface area (Å²) in [6.07, 6.45) is 1.23. The minimum Gasteiger partial charge on any atom is -0.384 e. The maximum absolute atomic E-state index is 9.03. The average molecular weight is 242 g/mol. The fraction of sp³-hybridized carbons (Fsp3) is 0.417. The van der Waals surface area contributed by atoms with E-state index in [0.717, 1.165) is 26.2 Å². The zero-order valence-electron chi connectivity index (χ0n) is 10.2.